The number of carbonyl (C=O) groups is 6. The molecule has 0 saturated heterocycles. The van der Waals surface area contributed by atoms with Crippen molar-refractivity contribution < 1.29 is 171 Å². The molecule has 0 saturated carbocycles. The van der Waals surface area contributed by atoms with Crippen LogP contribution in [0, 0.1) is 0 Å². The Labute approximate surface area is 305 Å². The van der Waals surface area contributed by atoms with Gasteiger partial charge >= 0.3 is 113 Å². The molecule has 17 nitrogen and oxygen atoms in total. The van der Waals surface area contributed by atoms with Crippen LogP contribution in [0.15, 0.2) is 29.2 Å². The molecule has 42 heavy (non-hydrogen) atoms. The summed E-state index contributed by atoms with van der Waals surface area (Å²) in [6.45, 7) is 3.70. The normalized spacial score (nSPS) is 10.4. The number of hydrogen-bond acceptors (Lipinski definition) is 13. The number of benzene rings is 1. The van der Waals surface area contributed by atoms with Crippen LogP contribution in [-0.4, -0.2) is 90.6 Å². The van der Waals surface area contributed by atoms with Crippen molar-refractivity contribution in [2.24, 2.45) is 0 Å². The van der Waals surface area contributed by atoms with Crippen LogP contribution in [-0.2, 0) is 38.9 Å². The minimum atomic E-state index is -4.33. The van der Waals surface area contributed by atoms with Gasteiger partial charge in [0.1, 0.15) is 10.1 Å². The number of carboxylic acid groups (broad SMARTS) is 6. The van der Waals surface area contributed by atoms with E-state index in [1.165, 1.54) is 6.07 Å². The molecule has 0 unspecified atom stereocenters. The average Bonchev–Trinajstić information content (AvgIpc) is 2.71. The SMILES string of the molecule is CC(C)c1ccccc1S(=O)(=O)[O-].O=C(O)CC(O)(CC(=O)O)C(=O)O.O=C([O-])CC(O)(CC(=O)[O-])C(=O)O.[Na+].[Na+].[Na+]. The van der Waals surface area contributed by atoms with Gasteiger partial charge in [0, 0.05) is 24.8 Å². The van der Waals surface area contributed by atoms with E-state index >= 15 is 0 Å². The minimum Gasteiger partial charge on any atom is -0.744 e. The van der Waals surface area contributed by atoms with Crippen molar-refractivity contribution in [3.8, 4) is 0 Å². The van der Waals surface area contributed by atoms with Gasteiger partial charge in [0.2, 0.25) is 0 Å². The number of rotatable bonds is 12. The number of carbonyl (C=O) groups excluding carboxylic acids is 2. The molecule has 0 aromatic heterocycles. The molecule has 6 N–H and O–H groups in total. The van der Waals surface area contributed by atoms with Crippen molar-refractivity contribution >= 4 is 45.9 Å². The molecular weight excluding hydrogens is 625 g/mol. The first-order valence-electron chi connectivity index (χ1n) is 10.3. The minimum absolute atomic E-state index is 0. The molecule has 21 heteroatoms. The Hall–Kier alpha value is -1.13. The monoisotopic (exact) mass is 650 g/mol. The molecule has 220 valence electrons. The molecule has 0 aliphatic rings. The van der Waals surface area contributed by atoms with Crippen LogP contribution in [0.25, 0.3) is 0 Å². The fourth-order valence-corrected chi connectivity index (χ4v) is 3.43. The third kappa shape index (κ3) is 20.7. The van der Waals surface area contributed by atoms with Gasteiger partial charge in [-0.05, 0) is 17.5 Å². The zero-order valence-corrected chi connectivity index (χ0v) is 30.1. The summed E-state index contributed by atoms with van der Waals surface area (Å²) in [5.41, 5.74) is -5.02. The predicted molar refractivity (Wildman–Crippen MR) is 117 cm³/mol. The molecule has 1 rings (SSSR count). The summed E-state index contributed by atoms with van der Waals surface area (Å²) in [6.07, 6.45) is -4.88. The fourth-order valence-electron chi connectivity index (χ4n) is 2.59. The Kier molecular flexibility index (Phi) is 26.9. The Morgan fingerprint density at radius 3 is 1.24 bits per heavy atom. The number of carboxylic acids is 6. The largest absolute Gasteiger partial charge is 1.00 e. The van der Waals surface area contributed by atoms with Gasteiger partial charge in [-0.3, -0.25) is 9.59 Å². The van der Waals surface area contributed by atoms with Gasteiger partial charge in [0.25, 0.3) is 0 Å². The van der Waals surface area contributed by atoms with Crippen LogP contribution in [0.5, 0.6) is 0 Å². The van der Waals surface area contributed by atoms with Crippen LogP contribution in [0.4, 0.5) is 0 Å². The van der Waals surface area contributed by atoms with Gasteiger partial charge in [0.15, 0.2) is 11.2 Å². The van der Waals surface area contributed by atoms with E-state index in [1.54, 1.807) is 18.2 Å². The van der Waals surface area contributed by atoms with Crippen molar-refractivity contribution in [2.45, 2.75) is 61.5 Å². The summed E-state index contributed by atoms with van der Waals surface area (Å²) < 4.78 is 32.4. The van der Waals surface area contributed by atoms with E-state index in [9.17, 15) is 52.0 Å². The third-order valence-corrected chi connectivity index (χ3v) is 5.28. The predicted octanol–water partition coefficient (Wildman–Crippen LogP) is -12.4. The molecule has 1 aromatic rings. The maximum atomic E-state index is 10.8. The summed E-state index contributed by atoms with van der Waals surface area (Å²) >= 11 is 0. The summed E-state index contributed by atoms with van der Waals surface area (Å²) in [5, 5.41) is 71.0. The maximum Gasteiger partial charge on any atom is 1.00 e. The molecule has 0 radical (unpaired) electrons. The van der Waals surface area contributed by atoms with Crippen LogP contribution < -0.4 is 98.9 Å². The van der Waals surface area contributed by atoms with Crippen molar-refractivity contribution in [3.63, 3.8) is 0 Å². The van der Waals surface area contributed by atoms with E-state index in [0.29, 0.717) is 5.56 Å². The molecule has 0 bridgehead atoms. The molecule has 0 spiro atoms. The summed E-state index contributed by atoms with van der Waals surface area (Å²) in [7, 11) is -4.33. The van der Waals surface area contributed by atoms with Crippen LogP contribution >= 0.6 is 0 Å². The van der Waals surface area contributed by atoms with Gasteiger partial charge in [0.05, 0.1) is 17.7 Å². The zero-order valence-electron chi connectivity index (χ0n) is 23.3. The second kappa shape index (κ2) is 22.4. The number of aliphatic carboxylic acids is 6. The number of hydrogen-bond donors (Lipinski definition) is 6. The van der Waals surface area contributed by atoms with Crippen molar-refractivity contribution in [1.29, 1.82) is 0 Å². The van der Waals surface area contributed by atoms with E-state index in [4.69, 9.17) is 30.6 Å². The second-order valence-electron chi connectivity index (χ2n) is 8.06. The van der Waals surface area contributed by atoms with Crippen molar-refractivity contribution in [3.05, 3.63) is 29.8 Å². The molecule has 0 fully saturated rings. The summed E-state index contributed by atoms with van der Waals surface area (Å²) in [4.78, 5) is 60.5. The van der Waals surface area contributed by atoms with E-state index < -0.39 is 82.8 Å². The average molecular weight is 650 g/mol. The quantitative estimate of drug-likeness (QED) is 0.0903. The molecule has 0 aliphatic carbocycles. The van der Waals surface area contributed by atoms with Gasteiger partial charge < -0.3 is 55.0 Å². The first-order chi connectivity index (χ1) is 17.5. The van der Waals surface area contributed by atoms with E-state index in [1.807, 2.05) is 13.8 Å². The van der Waals surface area contributed by atoms with Crippen molar-refractivity contribution in [1.82, 2.24) is 0 Å². The first-order valence-corrected chi connectivity index (χ1v) is 11.7. The van der Waals surface area contributed by atoms with Crippen LogP contribution in [0.2, 0.25) is 0 Å². The van der Waals surface area contributed by atoms with Crippen molar-refractivity contribution in [2.75, 3.05) is 0 Å². The second-order valence-corrected chi connectivity index (χ2v) is 9.41. The fraction of sp³-hybridized carbons (Fsp3) is 0.429. The zero-order chi connectivity index (χ0) is 31.4. The molecule has 1 aromatic carbocycles. The van der Waals surface area contributed by atoms with Crippen LogP contribution in [0.1, 0.15) is 51.0 Å². The maximum absolute atomic E-state index is 10.8. The third-order valence-electron chi connectivity index (χ3n) is 4.37. The van der Waals surface area contributed by atoms with E-state index in [2.05, 4.69) is 0 Å². The summed E-state index contributed by atoms with van der Waals surface area (Å²) in [6, 6.07) is 6.29. The molecule has 0 atom stereocenters. The van der Waals surface area contributed by atoms with E-state index in [0.717, 1.165) is 0 Å². The smallest absolute Gasteiger partial charge is 0.744 e. The topological polar surface area (TPSA) is 327 Å². The number of aliphatic hydroxyl groups is 2. The van der Waals surface area contributed by atoms with Gasteiger partial charge in [-0.15, -0.1) is 0 Å². The Bertz CT molecular complexity index is 1100. The van der Waals surface area contributed by atoms with Gasteiger partial charge in [-0.2, -0.15) is 0 Å². The Morgan fingerprint density at radius 2 is 1.02 bits per heavy atom. The van der Waals surface area contributed by atoms with Crippen LogP contribution in [0.3, 0.4) is 0 Å². The van der Waals surface area contributed by atoms with Gasteiger partial charge in [-0.1, -0.05) is 32.0 Å². The standard InChI is InChI=1S/C9H12O3S.2C6H8O7.3Na/c1-7(2)8-5-3-4-6-9(8)13(10,11)12;2*7-3(8)1-6(13,5(11)12)2-4(9)10;;;/h3-7H,1-2H3,(H,10,11,12);2*13H,1-2H2,(H,7,8)(H,9,10)(H,11,12);;;/q;;;3*+1/p-3. The molecule has 0 heterocycles. The molecular formula is C21H25Na3O17S. The molecule has 0 amide bonds. The van der Waals surface area contributed by atoms with E-state index in [-0.39, 0.29) is 99.5 Å². The molecule has 0 aliphatic heterocycles. The first kappa shape index (κ1) is 50.5. The Morgan fingerprint density at radius 1 is 0.714 bits per heavy atom. The van der Waals surface area contributed by atoms with Gasteiger partial charge in [-0.25, -0.2) is 18.0 Å². The Balaban J connectivity index is -0.000000157. The summed E-state index contributed by atoms with van der Waals surface area (Å²) in [5.74, 6) is -10.6.